The predicted molar refractivity (Wildman–Crippen MR) is 106 cm³/mol. The van der Waals surface area contributed by atoms with E-state index in [1.165, 1.54) is 30.5 Å². The number of benzene rings is 1. The smallest absolute Gasteiger partial charge is 0.492 e. The van der Waals surface area contributed by atoms with Crippen molar-refractivity contribution in [1.29, 1.82) is 0 Å². The molecule has 0 radical (unpaired) electrons. The van der Waals surface area contributed by atoms with Crippen LogP contribution in [0, 0.1) is 0 Å². The molecule has 30 heavy (non-hydrogen) atoms. The van der Waals surface area contributed by atoms with Crippen LogP contribution in [0.1, 0.15) is 10.4 Å². The molecule has 0 aliphatic heterocycles. The summed E-state index contributed by atoms with van der Waals surface area (Å²) in [6.45, 7) is 1.12. The minimum Gasteiger partial charge on any atom is -0.492 e. The summed E-state index contributed by atoms with van der Waals surface area (Å²) < 4.78 is 50.4. The highest BCUT2D eigenvalue weighted by Gasteiger charge is 2.44. The highest BCUT2D eigenvalue weighted by Crippen LogP contribution is 2.33. The largest absolute Gasteiger partial charge is 0.493 e. The van der Waals surface area contributed by atoms with Gasteiger partial charge in [0.1, 0.15) is 18.1 Å². The molecule has 1 aromatic carbocycles. The average molecular weight is 437 g/mol. The van der Waals surface area contributed by atoms with E-state index < -0.39 is 17.3 Å². The van der Waals surface area contributed by atoms with Crippen molar-refractivity contribution in [1.82, 2.24) is 19.2 Å². The third-order valence-electron chi connectivity index (χ3n) is 3.85. The van der Waals surface area contributed by atoms with Crippen LogP contribution in [0.2, 0.25) is 0 Å². The van der Waals surface area contributed by atoms with Gasteiger partial charge in [0.25, 0.3) is 5.91 Å². The van der Waals surface area contributed by atoms with Crippen molar-refractivity contribution in [3.05, 3.63) is 54.2 Å². The number of carbonyl (C=O) groups excluding carboxylic acids is 1. The Kier molecular flexibility index (Phi) is 6.63. The molecule has 0 N–H and O–H groups in total. The van der Waals surface area contributed by atoms with Gasteiger partial charge in [-0.05, 0) is 32.3 Å². The van der Waals surface area contributed by atoms with E-state index in [1.54, 1.807) is 18.2 Å². The van der Waals surface area contributed by atoms with Crippen molar-refractivity contribution < 1.29 is 22.7 Å². The maximum atomic E-state index is 13.6. The Morgan fingerprint density at radius 2 is 1.90 bits per heavy atom. The number of carbonyl (C=O) groups is 1. The number of aromatic nitrogens is 3. The summed E-state index contributed by atoms with van der Waals surface area (Å²) in [6, 6.07) is 10.4. The quantitative estimate of drug-likeness (QED) is 0.525. The van der Waals surface area contributed by atoms with E-state index in [-0.39, 0.29) is 22.0 Å². The predicted octanol–water partition coefficient (Wildman–Crippen LogP) is 3.71. The molecule has 3 rings (SSSR count). The van der Waals surface area contributed by atoms with Gasteiger partial charge in [-0.25, -0.2) is 0 Å². The fraction of sp³-hybridized carbons (Fsp3) is 0.263. The van der Waals surface area contributed by atoms with Gasteiger partial charge in [-0.3, -0.25) is 9.78 Å². The van der Waals surface area contributed by atoms with Gasteiger partial charge >= 0.3 is 6.30 Å². The lowest BCUT2D eigenvalue weighted by atomic mass is 10.2. The SMILES string of the molecule is CN(C)CCOc1ccnc(-c2nsc(N(C(=O)c3ccccc3)C(F)(F)F)n2)c1. The van der Waals surface area contributed by atoms with Gasteiger partial charge in [0.05, 0.1) is 0 Å². The molecule has 0 unspecified atom stereocenters. The normalized spacial score (nSPS) is 11.5. The lowest BCUT2D eigenvalue weighted by molar-refractivity contribution is -0.122. The maximum Gasteiger partial charge on any atom is 0.493 e. The van der Waals surface area contributed by atoms with Gasteiger partial charge in [0.2, 0.25) is 5.13 Å². The number of halogens is 3. The number of likely N-dealkylation sites (N-methyl/N-ethyl adjacent to an activating group) is 1. The van der Waals surface area contributed by atoms with Gasteiger partial charge in [-0.2, -0.15) is 14.3 Å². The topological polar surface area (TPSA) is 71.5 Å². The second kappa shape index (κ2) is 9.18. The molecule has 0 aliphatic carbocycles. The first kappa shape index (κ1) is 21.7. The molecule has 11 heteroatoms. The summed E-state index contributed by atoms with van der Waals surface area (Å²) in [5.41, 5.74) is 0.134. The van der Waals surface area contributed by atoms with Crippen LogP contribution in [-0.2, 0) is 0 Å². The number of ether oxygens (including phenoxy) is 1. The number of pyridine rings is 1. The van der Waals surface area contributed by atoms with Crippen LogP contribution in [0.4, 0.5) is 18.3 Å². The molecule has 0 atom stereocenters. The van der Waals surface area contributed by atoms with Crippen molar-refractivity contribution in [2.45, 2.75) is 6.30 Å². The van der Waals surface area contributed by atoms with Crippen molar-refractivity contribution in [3.63, 3.8) is 0 Å². The molecule has 0 aliphatic rings. The second-order valence-electron chi connectivity index (χ2n) is 6.40. The summed E-state index contributed by atoms with van der Waals surface area (Å²) >= 11 is 0.466. The molecular weight excluding hydrogens is 419 g/mol. The van der Waals surface area contributed by atoms with E-state index in [1.807, 2.05) is 19.0 Å². The molecule has 0 fully saturated rings. The van der Waals surface area contributed by atoms with Gasteiger partial charge in [-0.1, -0.05) is 18.2 Å². The fourth-order valence-corrected chi connectivity index (χ4v) is 3.10. The molecular formula is C19H18F3N5O2S. The molecule has 0 bridgehead atoms. The van der Waals surface area contributed by atoms with E-state index >= 15 is 0 Å². The fourth-order valence-electron chi connectivity index (χ4n) is 2.40. The molecule has 0 saturated heterocycles. The minimum atomic E-state index is -4.96. The zero-order valence-corrected chi connectivity index (χ0v) is 16.9. The first-order valence-electron chi connectivity index (χ1n) is 8.79. The molecule has 0 spiro atoms. The van der Waals surface area contributed by atoms with Crippen LogP contribution in [0.15, 0.2) is 48.7 Å². The van der Waals surface area contributed by atoms with Gasteiger partial charge < -0.3 is 9.64 Å². The van der Waals surface area contributed by atoms with Crippen LogP contribution in [-0.4, -0.2) is 58.7 Å². The van der Waals surface area contributed by atoms with Gasteiger partial charge in [0.15, 0.2) is 5.82 Å². The Balaban J connectivity index is 1.85. The number of anilines is 1. The highest BCUT2D eigenvalue weighted by molar-refractivity contribution is 7.10. The van der Waals surface area contributed by atoms with Crippen LogP contribution in [0.5, 0.6) is 5.75 Å². The van der Waals surface area contributed by atoms with E-state index in [9.17, 15) is 18.0 Å². The number of amides is 1. The molecule has 2 aromatic heterocycles. The molecule has 1 amide bonds. The lowest BCUT2D eigenvalue weighted by Gasteiger charge is -2.21. The number of alkyl halides is 3. The Hall–Kier alpha value is -3.05. The standard InChI is InChI=1S/C19H18F3N5O2S/c1-26(2)10-11-29-14-8-9-23-15(12-14)16-24-18(30-25-16)27(19(20,21)22)17(28)13-6-4-3-5-7-13/h3-9,12H,10-11H2,1-2H3. The number of nitrogens with zero attached hydrogens (tertiary/aromatic N) is 5. The Bertz CT molecular complexity index is 995. The monoisotopic (exact) mass is 437 g/mol. The van der Waals surface area contributed by atoms with Crippen LogP contribution >= 0.6 is 11.5 Å². The van der Waals surface area contributed by atoms with E-state index in [0.29, 0.717) is 30.4 Å². The minimum absolute atomic E-state index is 0.0248. The molecule has 3 aromatic rings. The second-order valence-corrected chi connectivity index (χ2v) is 7.13. The van der Waals surface area contributed by atoms with Crippen molar-refractivity contribution in [2.75, 3.05) is 32.1 Å². The molecule has 7 nitrogen and oxygen atoms in total. The Morgan fingerprint density at radius 3 is 2.57 bits per heavy atom. The number of rotatable bonds is 7. The van der Waals surface area contributed by atoms with Crippen LogP contribution in [0.3, 0.4) is 0 Å². The highest BCUT2D eigenvalue weighted by atomic mass is 32.1. The lowest BCUT2D eigenvalue weighted by Crippen LogP contribution is -2.43. The maximum absolute atomic E-state index is 13.6. The average Bonchev–Trinajstić information content (AvgIpc) is 3.17. The third kappa shape index (κ3) is 5.30. The summed E-state index contributed by atoms with van der Waals surface area (Å²) in [6.07, 6.45) is -3.51. The molecule has 2 heterocycles. The Morgan fingerprint density at radius 1 is 1.17 bits per heavy atom. The zero-order valence-electron chi connectivity index (χ0n) is 16.1. The third-order valence-corrected chi connectivity index (χ3v) is 4.55. The first-order chi connectivity index (χ1) is 14.3. The number of hydrogen-bond donors (Lipinski definition) is 0. The van der Waals surface area contributed by atoms with Crippen molar-refractivity contribution >= 4 is 22.6 Å². The summed E-state index contributed by atoms with van der Waals surface area (Å²) in [5, 5.41) is -0.591. The Labute approximate surface area is 174 Å². The summed E-state index contributed by atoms with van der Waals surface area (Å²) in [4.78, 5) is 22.1. The summed E-state index contributed by atoms with van der Waals surface area (Å²) in [5.74, 6) is -0.770. The van der Waals surface area contributed by atoms with E-state index in [2.05, 4.69) is 14.3 Å². The van der Waals surface area contributed by atoms with E-state index in [0.717, 1.165) is 0 Å². The van der Waals surface area contributed by atoms with Gasteiger partial charge in [0, 0.05) is 35.9 Å². The zero-order chi connectivity index (χ0) is 21.7. The van der Waals surface area contributed by atoms with Crippen LogP contribution in [0.25, 0.3) is 11.5 Å². The van der Waals surface area contributed by atoms with Crippen molar-refractivity contribution in [3.8, 4) is 17.3 Å². The van der Waals surface area contributed by atoms with Crippen LogP contribution < -0.4 is 9.64 Å². The first-order valence-corrected chi connectivity index (χ1v) is 9.57. The van der Waals surface area contributed by atoms with E-state index in [4.69, 9.17) is 4.74 Å². The van der Waals surface area contributed by atoms with Gasteiger partial charge in [-0.15, -0.1) is 13.2 Å². The summed E-state index contributed by atoms with van der Waals surface area (Å²) in [7, 11) is 3.82. The van der Waals surface area contributed by atoms with Crippen molar-refractivity contribution in [2.24, 2.45) is 0 Å². The number of hydrogen-bond acceptors (Lipinski definition) is 7. The molecule has 158 valence electrons. The molecule has 0 saturated carbocycles.